The average molecular weight is 352 g/mol. The van der Waals surface area contributed by atoms with Crippen molar-refractivity contribution in [1.29, 1.82) is 0 Å². The fourth-order valence-corrected chi connectivity index (χ4v) is 2.89. The van der Waals surface area contributed by atoms with Gasteiger partial charge in [-0.25, -0.2) is 9.59 Å². The number of hydrogen-bond donors (Lipinski definition) is 1. The Morgan fingerprint density at radius 2 is 1.64 bits per heavy atom. The van der Waals surface area contributed by atoms with Gasteiger partial charge in [-0.05, 0) is 26.7 Å². The van der Waals surface area contributed by atoms with Gasteiger partial charge in [0.1, 0.15) is 6.04 Å². The molecule has 9 heteroatoms. The molecule has 25 heavy (non-hydrogen) atoms. The topological polar surface area (TPSA) is 119 Å². The molecular weight excluding hydrogens is 332 g/mol. The van der Waals surface area contributed by atoms with Crippen LogP contribution in [0.3, 0.4) is 0 Å². The number of imide groups is 2. The van der Waals surface area contributed by atoms with Gasteiger partial charge in [-0.2, -0.15) is 0 Å². The maximum absolute atomic E-state index is 12.4. The van der Waals surface area contributed by atoms with Gasteiger partial charge in [-0.15, -0.1) is 0 Å². The molecule has 0 radical (unpaired) electrons. The van der Waals surface area contributed by atoms with Crippen molar-refractivity contribution in [2.45, 2.75) is 38.8 Å². The third-order valence-corrected chi connectivity index (χ3v) is 4.34. The van der Waals surface area contributed by atoms with Crippen molar-refractivity contribution in [2.24, 2.45) is 11.8 Å². The Morgan fingerprint density at radius 1 is 1.12 bits per heavy atom. The van der Waals surface area contributed by atoms with Crippen molar-refractivity contribution >= 4 is 29.8 Å². The van der Waals surface area contributed by atoms with Gasteiger partial charge in [0.05, 0.1) is 18.9 Å². The number of likely N-dealkylation sites (tertiary alicyclic amines) is 1. The first-order valence-corrected chi connectivity index (χ1v) is 7.89. The summed E-state index contributed by atoms with van der Waals surface area (Å²) in [4.78, 5) is 60.6. The Labute approximate surface area is 144 Å². The van der Waals surface area contributed by atoms with Gasteiger partial charge in [0.25, 0.3) is 5.91 Å². The summed E-state index contributed by atoms with van der Waals surface area (Å²) in [6.45, 7) is 2.63. The summed E-state index contributed by atoms with van der Waals surface area (Å²) >= 11 is 0. The highest BCUT2D eigenvalue weighted by atomic mass is 16.6. The molecule has 1 N–H and O–H groups in total. The predicted molar refractivity (Wildman–Crippen MR) is 82.8 cm³/mol. The molecule has 0 bridgehead atoms. The number of nitrogens with zero attached hydrogens (tertiary/aromatic N) is 1. The molecule has 2 aliphatic rings. The Hall–Kier alpha value is -2.71. The van der Waals surface area contributed by atoms with Gasteiger partial charge in [-0.3, -0.25) is 24.6 Å². The van der Waals surface area contributed by atoms with Crippen molar-refractivity contribution in [3.05, 3.63) is 12.2 Å². The number of carbonyl (C=O) groups is 5. The van der Waals surface area contributed by atoms with Crippen LogP contribution in [-0.4, -0.2) is 53.9 Å². The zero-order valence-electron chi connectivity index (χ0n) is 14.2. The van der Waals surface area contributed by atoms with Gasteiger partial charge in [0.15, 0.2) is 6.10 Å². The minimum atomic E-state index is -1.29. The van der Waals surface area contributed by atoms with Crippen molar-refractivity contribution in [2.75, 3.05) is 7.11 Å². The summed E-state index contributed by atoms with van der Waals surface area (Å²) in [5.74, 6) is -3.49. The quantitative estimate of drug-likeness (QED) is 0.434. The van der Waals surface area contributed by atoms with E-state index in [0.29, 0.717) is 12.8 Å². The molecule has 1 saturated heterocycles. The molecular formula is C16H20N2O7. The fourth-order valence-electron chi connectivity index (χ4n) is 2.89. The standard InChI is InChI=1S/C16H20N2O7/c1-8(15(22)25-9(2)12(19)17-16(23)24-3)18-13(20)10-6-4-5-7-11(10)14(18)21/h4-5,8-11H,6-7H2,1-3H3,(H,17,19,23)/t8-,9-,10-,11-/m0/s1. The monoisotopic (exact) mass is 352 g/mol. The van der Waals surface area contributed by atoms with E-state index in [1.165, 1.54) is 13.8 Å². The molecule has 0 spiro atoms. The van der Waals surface area contributed by atoms with E-state index in [1.54, 1.807) is 0 Å². The second kappa shape index (κ2) is 7.45. The Morgan fingerprint density at radius 3 is 2.12 bits per heavy atom. The van der Waals surface area contributed by atoms with Crippen molar-refractivity contribution in [1.82, 2.24) is 10.2 Å². The number of esters is 1. The van der Waals surface area contributed by atoms with Crippen LogP contribution in [0, 0.1) is 11.8 Å². The van der Waals surface area contributed by atoms with E-state index in [-0.39, 0.29) is 0 Å². The first kappa shape index (κ1) is 18.6. The van der Waals surface area contributed by atoms with E-state index < -0.39 is 53.8 Å². The molecule has 2 rings (SSSR count). The van der Waals surface area contributed by atoms with Crippen LogP contribution in [0.5, 0.6) is 0 Å². The number of methoxy groups -OCH3 is 1. The van der Waals surface area contributed by atoms with E-state index in [2.05, 4.69) is 4.74 Å². The average Bonchev–Trinajstić information content (AvgIpc) is 2.85. The highest BCUT2D eigenvalue weighted by Crippen LogP contribution is 2.36. The summed E-state index contributed by atoms with van der Waals surface area (Å²) < 4.78 is 9.23. The van der Waals surface area contributed by atoms with E-state index >= 15 is 0 Å². The Bertz CT molecular complexity index is 616. The van der Waals surface area contributed by atoms with Gasteiger partial charge in [0.2, 0.25) is 11.8 Å². The number of amides is 4. The first-order chi connectivity index (χ1) is 11.8. The van der Waals surface area contributed by atoms with Crippen LogP contribution in [0.1, 0.15) is 26.7 Å². The Kier molecular flexibility index (Phi) is 5.55. The first-order valence-electron chi connectivity index (χ1n) is 7.89. The summed E-state index contributed by atoms with van der Waals surface area (Å²) in [5.41, 5.74) is 0. The number of carbonyl (C=O) groups excluding carboxylic acids is 5. The molecule has 0 saturated carbocycles. The minimum Gasteiger partial charge on any atom is -0.453 e. The van der Waals surface area contributed by atoms with Crippen LogP contribution < -0.4 is 5.32 Å². The van der Waals surface area contributed by atoms with Gasteiger partial charge in [-0.1, -0.05) is 12.2 Å². The largest absolute Gasteiger partial charge is 0.453 e. The van der Waals surface area contributed by atoms with Crippen LogP contribution in [-0.2, 0) is 28.7 Å². The fraction of sp³-hybridized carbons (Fsp3) is 0.562. The molecule has 0 unspecified atom stereocenters. The van der Waals surface area contributed by atoms with Crippen LogP contribution in [0.25, 0.3) is 0 Å². The molecule has 0 aromatic heterocycles. The molecule has 1 aliphatic carbocycles. The van der Waals surface area contributed by atoms with Crippen molar-refractivity contribution in [3.8, 4) is 0 Å². The van der Waals surface area contributed by atoms with Crippen LogP contribution in [0.2, 0.25) is 0 Å². The van der Waals surface area contributed by atoms with Crippen LogP contribution in [0.15, 0.2) is 12.2 Å². The number of fused-ring (bicyclic) bond motifs is 1. The molecule has 0 aromatic carbocycles. The van der Waals surface area contributed by atoms with Gasteiger partial charge < -0.3 is 9.47 Å². The highest BCUT2D eigenvalue weighted by Gasteiger charge is 2.50. The summed E-state index contributed by atoms with van der Waals surface area (Å²) in [7, 11) is 1.08. The number of allylic oxidation sites excluding steroid dienone is 2. The lowest BCUT2D eigenvalue weighted by atomic mass is 9.85. The third-order valence-electron chi connectivity index (χ3n) is 4.34. The Balaban J connectivity index is 2.00. The molecule has 9 nitrogen and oxygen atoms in total. The molecule has 0 aromatic rings. The zero-order chi connectivity index (χ0) is 18.7. The third kappa shape index (κ3) is 3.70. The second-order valence-corrected chi connectivity index (χ2v) is 5.94. The second-order valence-electron chi connectivity index (χ2n) is 5.94. The minimum absolute atomic E-state index is 0.407. The van der Waals surface area contributed by atoms with Crippen LogP contribution >= 0.6 is 0 Å². The van der Waals surface area contributed by atoms with E-state index in [4.69, 9.17) is 4.74 Å². The van der Waals surface area contributed by atoms with Gasteiger partial charge >= 0.3 is 12.1 Å². The summed E-state index contributed by atoms with van der Waals surface area (Å²) in [6, 6.07) is -1.15. The van der Waals surface area contributed by atoms with Crippen molar-refractivity contribution < 1.29 is 33.4 Å². The van der Waals surface area contributed by atoms with Gasteiger partial charge in [0, 0.05) is 0 Å². The van der Waals surface area contributed by atoms with E-state index in [1.807, 2.05) is 17.5 Å². The SMILES string of the molecule is COC(=O)NC(=O)[C@H](C)OC(=O)[C@H](C)N1C(=O)[C@H]2CC=CC[C@@H]2C1=O. The lowest BCUT2D eigenvalue weighted by Gasteiger charge is -2.23. The normalized spacial score (nSPS) is 24.4. The number of alkyl carbamates (subject to hydrolysis) is 1. The molecule has 1 aliphatic heterocycles. The molecule has 136 valence electrons. The maximum Gasteiger partial charge on any atom is 0.413 e. The maximum atomic E-state index is 12.4. The lowest BCUT2D eigenvalue weighted by molar-refractivity contribution is -0.163. The highest BCUT2D eigenvalue weighted by molar-refractivity contribution is 6.08. The number of hydrogen-bond acceptors (Lipinski definition) is 7. The summed E-state index contributed by atoms with van der Waals surface area (Å²) in [6.07, 6.45) is 2.35. The summed E-state index contributed by atoms with van der Waals surface area (Å²) in [5, 5.41) is 1.87. The molecule has 4 amide bonds. The van der Waals surface area contributed by atoms with E-state index in [9.17, 15) is 24.0 Å². The number of nitrogens with one attached hydrogen (secondary N) is 1. The lowest BCUT2D eigenvalue weighted by Crippen LogP contribution is -2.47. The predicted octanol–water partition coefficient (Wildman–Crippen LogP) is 0.140. The van der Waals surface area contributed by atoms with Crippen molar-refractivity contribution in [3.63, 3.8) is 0 Å². The smallest absolute Gasteiger partial charge is 0.413 e. The molecule has 4 atom stereocenters. The zero-order valence-corrected chi connectivity index (χ0v) is 14.2. The van der Waals surface area contributed by atoms with Crippen LogP contribution in [0.4, 0.5) is 4.79 Å². The van der Waals surface area contributed by atoms with E-state index in [0.717, 1.165) is 12.0 Å². The molecule has 1 fully saturated rings. The number of rotatable bonds is 4. The number of ether oxygens (including phenoxy) is 2. The molecule has 1 heterocycles.